The second kappa shape index (κ2) is 12.4. The first kappa shape index (κ1) is 24.7. The molecule has 1 saturated heterocycles. The van der Waals surface area contributed by atoms with Gasteiger partial charge in [0.1, 0.15) is 0 Å². The number of aliphatic hydroxyl groups excluding tert-OH is 1. The number of carbonyl (C=O) groups is 2. The van der Waals surface area contributed by atoms with E-state index in [4.69, 9.17) is 0 Å². The Balaban J connectivity index is 1.54. The molecule has 2 aromatic rings. The number of likely N-dealkylation sites (tertiary alicyclic amines) is 1. The van der Waals surface area contributed by atoms with Gasteiger partial charge in [-0.3, -0.25) is 9.59 Å². The van der Waals surface area contributed by atoms with Crippen LogP contribution < -0.4 is 0 Å². The summed E-state index contributed by atoms with van der Waals surface area (Å²) in [6.07, 6.45) is 8.52. The Morgan fingerprint density at radius 1 is 1.15 bits per heavy atom. The maximum atomic E-state index is 12.3. The highest BCUT2D eigenvalue weighted by molar-refractivity contribution is 5.79. The molecule has 1 amide bonds. The molecule has 2 aromatic carbocycles. The third kappa shape index (κ3) is 7.03. The summed E-state index contributed by atoms with van der Waals surface area (Å²) >= 11 is 0. The summed E-state index contributed by atoms with van der Waals surface area (Å²) in [6.45, 7) is 2.80. The van der Waals surface area contributed by atoms with Gasteiger partial charge in [-0.25, -0.2) is 0 Å². The summed E-state index contributed by atoms with van der Waals surface area (Å²) in [4.78, 5) is 25.4. The van der Waals surface area contributed by atoms with Crippen LogP contribution in [-0.2, 0) is 14.3 Å². The number of nitrogens with zero attached hydrogens (tertiary/aromatic N) is 1. The molecular formula is C28H35NO4. The van der Waals surface area contributed by atoms with Crippen LogP contribution in [0.25, 0.3) is 11.1 Å². The molecule has 1 N–H and O–H groups in total. The lowest BCUT2D eigenvalue weighted by Gasteiger charge is -2.22. The van der Waals surface area contributed by atoms with Crippen LogP contribution in [0.4, 0.5) is 0 Å². The Bertz CT molecular complexity index is 968. The Hall–Kier alpha value is -2.92. The second-order valence-electron chi connectivity index (χ2n) is 8.70. The summed E-state index contributed by atoms with van der Waals surface area (Å²) in [6, 6.07) is 16.3. The van der Waals surface area contributed by atoms with E-state index in [1.807, 2.05) is 47.4 Å². The first-order valence-electron chi connectivity index (χ1n) is 11.9. The van der Waals surface area contributed by atoms with Gasteiger partial charge in [0.05, 0.1) is 19.3 Å². The second-order valence-corrected chi connectivity index (χ2v) is 8.70. The Morgan fingerprint density at radius 3 is 2.73 bits per heavy atom. The quantitative estimate of drug-likeness (QED) is 0.285. The zero-order valence-electron chi connectivity index (χ0n) is 19.7. The highest BCUT2D eigenvalue weighted by atomic mass is 16.5. The number of hydrogen-bond acceptors (Lipinski definition) is 4. The molecule has 1 fully saturated rings. The summed E-state index contributed by atoms with van der Waals surface area (Å²) in [5.41, 5.74) is 4.29. The molecule has 0 bridgehead atoms. The van der Waals surface area contributed by atoms with E-state index >= 15 is 0 Å². The molecule has 2 unspecified atom stereocenters. The Morgan fingerprint density at radius 2 is 1.94 bits per heavy atom. The molecule has 5 nitrogen and oxygen atoms in total. The zero-order chi connectivity index (χ0) is 23.6. The maximum absolute atomic E-state index is 12.3. The van der Waals surface area contributed by atoms with E-state index < -0.39 is 6.10 Å². The number of rotatable bonds is 11. The Kier molecular flexibility index (Phi) is 9.25. The Labute approximate surface area is 197 Å². The van der Waals surface area contributed by atoms with E-state index in [9.17, 15) is 14.7 Å². The highest BCUT2D eigenvalue weighted by Crippen LogP contribution is 2.27. The van der Waals surface area contributed by atoms with Crippen LogP contribution in [0, 0.1) is 6.92 Å². The number of amides is 1. The van der Waals surface area contributed by atoms with E-state index in [2.05, 4.69) is 29.9 Å². The van der Waals surface area contributed by atoms with Crippen molar-refractivity contribution in [2.24, 2.45) is 0 Å². The van der Waals surface area contributed by atoms with Gasteiger partial charge < -0.3 is 14.7 Å². The van der Waals surface area contributed by atoms with Gasteiger partial charge in [0, 0.05) is 19.4 Å². The first-order valence-corrected chi connectivity index (χ1v) is 11.9. The monoisotopic (exact) mass is 449 g/mol. The fourth-order valence-electron chi connectivity index (χ4n) is 4.39. The molecule has 33 heavy (non-hydrogen) atoms. The van der Waals surface area contributed by atoms with Crippen LogP contribution in [0.5, 0.6) is 0 Å². The number of esters is 1. The predicted octanol–water partition coefficient (Wildman–Crippen LogP) is 5.37. The number of methoxy groups -OCH3 is 1. The van der Waals surface area contributed by atoms with Gasteiger partial charge in [0.15, 0.2) is 0 Å². The lowest BCUT2D eigenvalue weighted by Crippen LogP contribution is -2.32. The zero-order valence-corrected chi connectivity index (χ0v) is 19.7. The number of aryl methyl sites for hydroxylation is 1. The highest BCUT2D eigenvalue weighted by Gasteiger charge is 2.28. The normalized spacial score (nSPS) is 17.0. The summed E-state index contributed by atoms with van der Waals surface area (Å²) < 4.78 is 4.66. The minimum Gasteiger partial charge on any atom is -0.469 e. The van der Waals surface area contributed by atoms with Gasteiger partial charge in [-0.1, -0.05) is 67.5 Å². The van der Waals surface area contributed by atoms with Crippen LogP contribution >= 0.6 is 0 Å². The molecule has 2 atom stereocenters. The van der Waals surface area contributed by atoms with Crippen LogP contribution in [-0.4, -0.2) is 41.6 Å². The average molecular weight is 450 g/mol. The lowest BCUT2D eigenvalue weighted by atomic mass is 9.97. The van der Waals surface area contributed by atoms with Gasteiger partial charge in [-0.05, 0) is 54.5 Å². The molecule has 3 rings (SSSR count). The van der Waals surface area contributed by atoms with Crippen molar-refractivity contribution in [2.45, 2.75) is 64.0 Å². The summed E-state index contributed by atoms with van der Waals surface area (Å²) in [5.74, 6) is 0.00756. The third-order valence-corrected chi connectivity index (χ3v) is 6.33. The smallest absolute Gasteiger partial charge is 0.305 e. The molecular weight excluding hydrogens is 414 g/mol. The fourth-order valence-corrected chi connectivity index (χ4v) is 4.39. The molecule has 5 heteroatoms. The predicted molar refractivity (Wildman–Crippen MR) is 131 cm³/mol. The van der Waals surface area contributed by atoms with Crippen molar-refractivity contribution < 1.29 is 19.4 Å². The van der Waals surface area contributed by atoms with Gasteiger partial charge in [-0.15, -0.1) is 0 Å². The summed E-state index contributed by atoms with van der Waals surface area (Å²) in [5, 5.41) is 10.8. The van der Waals surface area contributed by atoms with E-state index in [0.717, 1.165) is 48.8 Å². The van der Waals surface area contributed by atoms with Crippen molar-refractivity contribution >= 4 is 11.9 Å². The maximum Gasteiger partial charge on any atom is 0.305 e. The average Bonchev–Trinajstić information content (AvgIpc) is 3.19. The van der Waals surface area contributed by atoms with E-state index in [1.54, 1.807) is 0 Å². The number of hydrogen-bond donors (Lipinski definition) is 1. The van der Waals surface area contributed by atoms with Crippen molar-refractivity contribution in [1.82, 2.24) is 4.90 Å². The van der Waals surface area contributed by atoms with E-state index in [0.29, 0.717) is 19.4 Å². The van der Waals surface area contributed by atoms with Crippen LogP contribution in [0.3, 0.4) is 0 Å². The van der Waals surface area contributed by atoms with E-state index in [1.165, 1.54) is 12.7 Å². The number of carbonyl (C=O) groups excluding carboxylic acids is 2. The van der Waals surface area contributed by atoms with Crippen molar-refractivity contribution in [3.05, 3.63) is 71.8 Å². The van der Waals surface area contributed by atoms with Crippen molar-refractivity contribution in [2.75, 3.05) is 13.7 Å². The number of unbranched alkanes of at least 4 members (excludes halogenated alkanes) is 3. The molecule has 0 aromatic heterocycles. The molecule has 176 valence electrons. The number of ether oxygens (including phenoxy) is 1. The van der Waals surface area contributed by atoms with Crippen LogP contribution in [0.2, 0.25) is 0 Å². The van der Waals surface area contributed by atoms with E-state index in [-0.39, 0.29) is 17.9 Å². The minimum absolute atomic E-state index is 0.0294. The first-order chi connectivity index (χ1) is 16.0. The van der Waals surface area contributed by atoms with Gasteiger partial charge in [0.25, 0.3) is 0 Å². The topological polar surface area (TPSA) is 66.8 Å². The molecule has 1 heterocycles. The fraction of sp³-hybridized carbons (Fsp3) is 0.429. The number of benzene rings is 2. The molecule has 1 aliphatic rings. The molecule has 1 aliphatic heterocycles. The van der Waals surface area contributed by atoms with Gasteiger partial charge >= 0.3 is 5.97 Å². The van der Waals surface area contributed by atoms with Crippen molar-refractivity contribution in [1.29, 1.82) is 0 Å². The standard InChI is InChI=1S/C28H35NO4/c1-21-10-6-7-13-25(21)22-11-9-12-23(20-22)26(30)17-15-24-16-18-27(31)29(24)19-8-4-3-5-14-28(32)33-2/h6-7,9-13,15,17,20,24,26,30H,3-5,8,14,16,18-19H2,1-2H3. The lowest BCUT2D eigenvalue weighted by molar-refractivity contribution is -0.140. The van der Waals surface area contributed by atoms with Crippen molar-refractivity contribution in [3.63, 3.8) is 0 Å². The van der Waals surface area contributed by atoms with Gasteiger partial charge in [-0.2, -0.15) is 0 Å². The molecule has 0 saturated carbocycles. The molecule has 0 radical (unpaired) electrons. The van der Waals surface area contributed by atoms with Crippen LogP contribution in [0.1, 0.15) is 62.2 Å². The van der Waals surface area contributed by atoms with Crippen molar-refractivity contribution in [3.8, 4) is 11.1 Å². The summed E-state index contributed by atoms with van der Waals surface area (Å²) in [7, 11) is 1.41. The largest absolute Gasteiger partial charge is 0.469 e. The third-order valence-electron chi connectivity index (χ3n) is 6.33. The molecule has 0 aliphatic carbocycles. The molecule has 0 spiro atoms. The van der Waals surface area contributed by atoms with Crippen LogP contribution in [0.15, 0.2) is 60.7 Å². The minimum atomic E-state index is -0.718. The SMILES string of the molecule is COC(=O)CCCCCCN1C(=O)CCC1C=CC(O)c1cccc(-c2ccccc2C)c1. The number of aliphatic hydroxyl groups is 1. The van der Waals surface area contributed by atoms with Gasteiger partial charge in [0.2, 0.25) is 5.91 Å².